The number of benzene rings is 1. The monoisotopic (exact) mass is 199 g/mol. The SMILES string of the molecule is Cc1cc2c(cc1Cl)SC(C)N2. The first-order valence-corrected chi connectivity index (χ1v) is 5.16. The molecule has 2 rings (SSSR count). The zero-order valence-corrected chi connectivity index (χ0v) is 8.59. The van der Waals surface area contributed by atoms with Crippen molar-refractivity contribution in [1.82, 2.24) is 0 Å². The summed E-state index contributed by atoms with van der Waals surface area (Å²) < 4.78 is 0. The minimum atomic E-state index is 0.470. The Bertz CT molecular complexity index is 294. The molecule has 0 aromatic heterocycles. The van der Waals surface area contributed by atoms with Crippen molar-refractivity contribution >= 4 is 29.1 Å². The number of hydrogen-bond donors (Lipinski definition) is 1. The second-order valence-electron chi connectivity index (χ2n) is 3.00. The van der Waals surface area contributed by atoms with Crippen molar-refractivity contribution in [3.8, 4) is 0 Å². The molecule has 1 nitrogen and oxygen atoms in total. The number of thioether (sulfide) groups is 1. The molecule has 0 radical (unpaired) electrons. The van der Waals surface area contributed by atoms with Gasteiger partial charge in [0.1, 0.15) is 0 Å². The van der Waals surface area contributed by atoms with Crippen LogP contribution in [0.2, 0.25) is 5.02 Å². The van der Waals surface area contributed by atoms with Gasteiger partial charge in [0.25, 0.3) is 0 Å². The molecule has 1 N–H and O–H groups in total. The van der Waals surface area contributed by atoms with Crippen LogP contribution in [-0.2, 0) is 0 Å². The first kappa shape index (κ1) is 8.27. The molecule has 3 heteroatoms. The van der Waals surface area contributed by atoms with Crippen LogP contribution in [-0.4, -0.2) is 5.37 Å². The van der Waals surface area contributed by atoms with Gasteiger partial charge in [-0.1, -0.05) is 23.4 Å². The largest absolute Gasteiger partial charge is 0.372 e. The lowest BCUT2D eigenvalue weighted by Gasteiger charge is -2.02. The van der Waals surface area contributed by atoms with Crippen molar-refractivity contribution in [3.63, 3.8) is 0 Å². The van der Waals surface area contributed by atoms with Crippen LogP contribution in [0.25, 0.3) is 0 Å². The van der Waals surface area contributed by atoms with Gasteiger partial charge in [-0.05, 0) is 31.5 Å². The topological polar surface area (TPSA) is 12.0 Å². The summed E-state index contributed by atoms with van der Waals surface area (Å²) in [6.07, 6.45) is 0. The molecule has 0 aliphatic carbocycles. The predicted molar refractivity (Wildman–Crippen MR) is 55.1 cm³/mol. The van der Waals surface area contributed by atoms with E-state index in [1.807, 2.05) is 24.8 Å². The van der Waals surface area contributed by atoms with Gasteiger partial charge in [-0.25, -0.2) is 0 Å². The van der Waals surface area contributed by atoms with Crippen LogP contribution < -0.4 is 5.32 Å². The van der Waals surface area contributed by atoms with Gasteiger partial charge in [-0.2, -0.15) is 0 Å². The molecule has 1 aliphatic rings. The van der Waals surface area contributed by atoms with Gasteiger partial charge in [0.05, 0.1) is 5.37 Å². The maximum atomic E-state index is 6.00. The van der Waals surface area contributed by atoms with E-state index in [0.717, 1.165) is 10.6 Å². The van der Waals surface area contributed by atoms with E-state index in [1.165, 1.54) is 10.6 Å². The average Bonchev–Trinajstić information content (AvgIpc) is 2.30. The normalized spacial score (nSPS) is 20.4. The fourth-order valence-corrected chi connectivity index (χ4v) is 2.54. The number of halogens is 1. The fourth-order valence-electron chi connectivity index (χ4n) is 1.31. The van der Waals surface area contributed by atoms with Crippen molar-refractivity contribution in [2.75, 3.05) is 5.32 Å². The highest BCUT2D eigenvalue weighted by molar-refractivity contribution is 8.00. The molecule has 0 spiro atoms. The molecule has 1 aromatic carbocycles. The van der Waals surface area contributed by atoms with Gasteiger partial charge in [0, 0.05) is 15.6 Å². The average molecular weight is 200 g/mol. The second kappa shape index (κ2) is 2.86. The van der Waals surface area contributed by atoms with Crippen LogP contribution in [0.5, 0.6) is 0 Å². The highest BCUT2D eigenvalue weighted by Crippen LogP contribution is 2.40. The fraction of sp³-hybridized carbons (Fsp3) is 0.333. The summed E-state index contributed by atoms with van der Waals surface area (Å²) in [7, 11) is 0. The number of nitrogens with one attached hydrogen (secondary N) is 1. The van der Waals surface area contributed by atoms with E-state index in [2.05, 4.69) is 18.3 Å². The molecular formula is C9H10ClNS. The lowest BCUT2D eigenvalue weighted by Crippen LogP contribution is -2.02. The molecule has 0 amide bonds. The van der Waals surface area contributed by atoms with E-state index in [-0.39, 0.29) is 0 Å². The van der Waals surface area contributed by atoms with Gasteiger partial charge in [-0.3, -0.25) is 0 Å². The van der Waals surface area contributed by atoms with Crippen LogP contribution in [0.1, 0.15) is 12.5 Å². The summed E-state index contributed by atoms with van der Waals surface area (Å²) in [6, 6.07) is 4.14. The van der Waals surface area contributed by atoms with Crippen LogP contribution in [0.15, 0.2) is 17.0 Å². The molecule has 0 saturated carbocycles. The van der Waals surface area contributed by atoms with Crippen molar-refractivity contribution < 1.29 is 0 Å². The van der Waals surface area contributed by atoms with Gasteiger partial charge in [0.15, 0.2) is 0 Å². The Hall–Kier alpha value is -0.340. The van der Waals surface area contributed by atoms with Crippen LogP contribution in [0.4, 0.5) is 5.69 Å². The Morgan fingerprint density at radius 2 is 2.25 bits per heavy atom. The Morgan fingerprint density at radius 3 is 3.00 bits per heavy atom. The molecule has 0 bridgehead atoms. The molecule has 0 fully saturated rings. The van der Waals surface area contributed by atoms with Crippen LogP contribution >= 0.6 is 23.4 Å². The molecule has 1 aromatic rings. The summed E-state index contributed by atoms with van der Waals surface area (Å²) in [5.41, 5.74) is 2.35. The van der Waals surface area contributed by atoms with E-state index in [1.54, 1.807) is 0 Å². The van der Waals surface area contributed by atoms with E-state index < -0.39 is 0 Å². The maximum absolute atomic E-state index is 6.00. The zero-order chi connectivity index (χ0) is 8.72. The van der Waals surface area contributed by atoms with E-state index in [0.29, 0.717) is 5.37 Å². The van der Waals surface area contributed by atoms with Crippen molar-refractivity contribution in [2.24, 2.45) is 0 Å². The van der Waals surface area contributed by atoms with E-state index in [4.69, 9.17) is 11.6 Å². The number of rotatable bonds is 0. The molecular weight excluding hydrogens is 190 g/mol. The number of aryl methyl sites for hydroxylation is 1. The molecule has 12 heavy (non-hydrogen) atoms. The highest BCUT2D eigenvalue weighted by atomic mass is 35.5. The number of fused-ring (bicyclic) bond motifs is 1. The third-order valence-electron chi connectivity index (χ3n) is 1.92. The zero-order valence-electron chi connectivity index (χ0n) is 7.02. The summed E-state index contributed by atoms with van der Waals surface area (Å²) in [6.45, 7) is 4.17. The first-order valence-electron chi connectivity index (χ1n) is 3.90. The minimum Gasteiger partial charge on any atom is -0.372 e. The summed E-state index contributed by atoms with van der Waals surface area (Å²) in [5.74, 6) is 0. The lowest BCUT2D eigenvalue weighted by molar-refractivity contribution is 1.15. The quantitative estimate of drug-likeness (QED) is 0.687. The Balaban J connectivity index is 2.48. The molecule has 1 heterocycles. The van der Waals surface area contributed by atoms with Gasteiger partial charge in [-0.15, -0.1) is 0 Å². The third kappa shape index (κ3) is 1.29. The number of anilines is 1. The predicted octanol–water partition coefficient (Wildman–Crippen LogP) is 3.51. The highest BCUT2D eigenvalue weighted by Gasteiger charge is 2.17. The Morgan fingerprint density at radius 1 is 1.50 bits per heavy atom. The smallest absolute Gasteiger partial charge is 0.0741 e. The van der Waals surface area contributed by atoms with Gasteiger partial charge in [0.2, 0.25) is 0 Å². The molecule has 1 unspecified atom stereocenters. The summed E-state index contributed by atoms with van der Waals surface area (Å²) >= 11 is 7.82. The lowest BCUT2D eigenvalue weighted by atomic mass is 10.2. The van der Waals surface area contributed by atoms with Gasteiger partial charge < -0.3 is 5.32 Å². The van der Waals surface area contributed by atoms with Crippen LogP contribution in [0, 0.1) is 6.92 Å². The van der Waals surface area contributed by atoms with E-state index >= 15 is 0 Å². The minimum absolute atomic E-state index is 0.470. The van der Waals surface area contributed by atoms with Crippen molar-refractivity contribution in [1.29, 1.82) is 0 Å². The molecule has 0 saturated heterocycles. The standard InChI is InChI=1S/C9H10ClNS/c1-5-3-8-9(4-7(5)10)12-6(2)11-8/h3-4,6,11H,1-2H3. The summed E-state index contributed by atoms with van der Waals surface area (Å²) in [4.78, 5) is 1.26. The van der Waals surface area contributed by atoms with Crippen molar-refractivity contribution in [3.05, 3.63) is 22.7 Å². The van der Waals surface area contributed by atoms with Crippen LogP contribution in [0.3, 0.4) is 0 Å². The Kier molecular flexibility index (Phi) is 1.97. The van der Waals surface area contributed by atoms with Crippen molar-refractivity contribution in [2.45, 2.75) is 24.1 Å². The summed E-state index contributed by atoms with van der Waals surface area (Å²) in [5, 5.41) is 4.70. The molecule has 1 aliphatic heterocycles. The van der Waals surface area contributed by atoms with Gasteiger partial charge >= 0.3 is 0 Å². The molecule has 64 valence electrons. The Labute approximate surface area is 81.5 Å². The second-order valence-corrected chi connectivity index (χ2v) is 4.79. The third-order valence-corrected chi connectivity index (χ3v) is 3.39. The van der Waals surface area contributed by atoms with E-state index in [9.17, 15) is 0 Å². The maximum Gasteiger partial charge on any atom is 0.0741 e. The molecule has 1 atom stereocenters. The first-order chi connectivity index (χ1) is 5.66. The number of hydrogen-bond acceptors (Lipinski definition) is 2.